The maximum atomic E-state index is 12.5. The molecule has 0 aromatic carbocycles. The molecule has 0 unspecified atom stereocenters. The van der Waals surface area contributed by atoms with Crippen LogP contribution in [-0.2, 0) is 4.74 Å². The second kappa shape index (κ2) is 8.63. The lowest BCUT2D eigenvalue weighted by Gasteiger charge is -2.23. The molecule has 7 nitrogen and oxygen atoms in total. The third-order valence-corrected chi connectivity index (χ3v) is 4.20. The number of rotatable bonds is 6. The van der Waals surface area contributed by atoms with E-state index in [1.165, 1.54) is 0 Å². The average molecular weight is 334 g/mol. The van der Waals surface area contributed by atoms with Crippen molar-refractivity contribution in [3.05, 3.63) is 29.6 Å². The van der Waals surface area contributed by atoms with E-state index in [2.05, 4.69) is 10.3 Å². The summed E-state index contributed by atoms with van der Waals surface area (Å²) in [4.78, 5) is 32.4. The molecule has 0 saturated carbocycles. The number of nitrogens with one attached hydrogen (secondary N) is 1. The van der Waals surface area contributed by atoms with Crippen molar-refractivity contribution in [1.29, 1.82) is 0 Å². The van der Waals surface area contributed by atoms with Crippen LogP contribution in [0.15, 0.2) is 18.3 Å². The number of carbonyl (C=O) groups is 2. The summed E-state index contributed by atoms with van der Waals surface area (Å²) in [5.74, 6) is -0.0361. The van der Waals surface area contributed by atoms with Gasteiger partial charge in [0.05, 0.1) is 12.2 Å². The van der Waals surface area contributed by atoms with Gasteiger partial charge in [-0.15, -0.1) is 0 Å². The Bertz CT molecular complexity index is 561. The second-order valence-electron chi connectivity index (χ2n) is 5.95. The number of hydrogen-bond donors (Lipinski definition) is 1. The summed E-state index contributed by atoms with van der Waals surface area (Å²) in [6, 6.07) is 3.50. The van der Waals surface area contributed by atoms with E-state index >= 15 is 0 Å². The Balaban J connectivity index is 1.87. The average Bonchev–Trinajstić information content (AvgIpc) is 3.04. The van der Waals surface area contributed by atoms with Crippen molar-refractivity contribution >= 4 is 11.9 Å². The summed E-state index contributed by atoms with van der Waals surface area (Å²) in [5.41, 5.74) is 1.47. The highest BCUT2D eigenvalue weighted by atomic mass is 16.5. The van der Waals surface area contributed by atoms with Crippen molar-refractivity contribution in [3.8, 4) is 0 Å². The van der Waals surface area contributed by atoms with Crippen molar-refractivity contribution in [2.75, 3.05) is 39.9 Å². The van der Waals surface area contributed by atoms with Gasteiger partial charge in [-0.3, -0.25) is 9.78 Å². The number of urea groups is 1. The van der Waals surface area contributed by atoms with E-state index in [4.69, 9.17) is 4.74 Å². The van der Waals surface area contributed by atoms with Crippen LogP contribution < -0.4 is 5.32 Å². The molecule has 0 aliphatic carbocycles. The topological polar surface area (TPSA) is 74.8 Å². The summed E-state index contributed by atoms with van der Waals surface area (Å²) in [6.45, 7) is 6.69. The molecule has 1 atom stereocenters. The Morgan fingerprint density at radius 3 is 2.88 bits per heavy atom. The quantitative estimate of drug-likeness (QED) is 0.850. The number of hydrogen-bond acceptors (Lipinski definition) is 4. The van der Waals surface area contributed by atoms with Crippen LogP contribution >= 0.6 is 0 Å². The Hall–Kier alpha value is -2.15. The van der Waals surface area contributed by atoms with Crippen LogP contribution in [0.3, 0.4) is 0 Å². The van der Waals surface area contributed by atoms with Gasteiger partial charge < -0.3 is 19.9 Å². The fraction of sp³-hybridized carbons (Fsp3) is 0.588. The maximum Gasteiger partial charge on any atom is 0.317 e. The molecule has 1 aliphatic heterocycles. The first kappa shape index (κ1) is 18.2. The summed E-state index contributed by atoms with van der Waals surface area (Å²) in [6.07, 6.45) is 2.37. The van der Waals surface area contributed by atoms with E-state index in [-0.39, 0.29) is 18.0 Å². The van der Waals surface area contributed by atoms with Gasteiger partial charge in [0.15, 0.2) is 0 Å². The SMILES string of the molecule is CCN(CCOC)C(=O)N[C@@H]1CCN(C(=O)c2ccc(C)nc2)C1. The van der Waals surface area contributed by atoms with Crippen LogP contribution in [0.2, 0.25) is 0 Å². The number of carbonyl (C=O) groups excluding carboxylic acids is 2. The van der Waals surface area contributed by atoms with Crippen molar-refractivity contribution in [2.45, 2.75) is 26.3 Å². The minimum Gasteiger partial charge on any atom is -0.383 e. The zero-order valence-corrected chi connectivity index (χ0v) is 14.6. The number of aromatic nitrogens is 1. The first-order valence-corrected chi connectivity index (χ1v) is 8.31. The first-order valence-electron chi connectivity index (χ1n) is 8.31. The molecule has 3 amide bonds. The number of aryl methyl sites for hydroxylation is 1. The fourth-order valence-corrected chi connectivity index (χ4v) is 2.71. The van der Waals surface area contributed by atoms with E-state index < -0.39 is 0 Å². The monoisotopic (exact) mass is 334 g/mol. The number of amides is 3. The Morgan fingerprint density at radius 2 is 2.25 bits per heavy atom. The van der Waals surface area contributed by atoms with E-state index in [0.29, 0.717) is 38.3 Å². The van der Waals surface area contributed by atoms with Crippen molar-refractivity contribution in [1.82, 2.24) is 20.1 Å². The van der Waals surface area contributed by atoms with Gasteiger partial charge in [0.1, 0.15) is 0 Å². The smallest absolute Gasteiger partial charge is 0.317 e. The van der Waals surface area contributed by atoms with Crippen LogP contribution in [0, 0.1) is 6.92 Å². The predicted octanol–water partition coefficient (Wildman–Crippen LogP) is 1.28. The molecule has 1 fully saturated rings. The molecule has 7 heteroatoms. The van der Waals surface area contributed by atoms with Crippen LogP contribution in [0.1, 0.15) is 29.4 Å². The maximum absolute atomic E-state index is 12.5. The normalized spacial score (nSPS) is 17.0. The van der Waals surface area contributed by atoms with Gasteiger partial charge in [-0.25, -0.2) is 4.79 Å². The third-order valence-electron chi connectivity index (χ3n) is 4.20. The molecule has 1 aromatic rings. The lowest BCUT2D eigenvalue weighted by Crippen LogP contribution is -2.47. The van der Waals surface area contributed by atoms with Gasteiger partial charge in [0.2, 0.25) is 0 Å². The Morgan fingerprint density at radius 1 is 1.46 bits per heavy atom. The molecule has 0 spiro atoms. The number of nitrogens with zero attached hydrogens (tertiary/aromatic N) is 3. The molecule has 1 N–H and O–H groups in total. The van der Waals surface area contributed by atoms with Gasteiger partial charge in [0.25, 0.3) is 5.91 Å². The van der Waals surface area contributed by atoms with Gasteiger partial charge >= 0.3 is 6.03 Å². The zero-order chi connectivity index (χ0) is 17.5. The summed E-state index contributed by atoms with van der Waals surface area (Å²) < 4.78 is 5.02. The van der Waals surface area contributed by atoms with E-state index in [1.807, 2.05) is 19.9 Å². The first-order chi connectivity index (χ1) is 11.5. The van der Waals surface area contributed by atoms with Crippen LogP contribution in [0.25, 0.3) is 0 Å². The van der Waals surface area contributed by atoms with Crippen LogP contribution in [0.4, 0.5) is 4.79 Å². The molecule has 1 saturated heterocycles. The fourth-order valence-electron chi connectivity index (χ4n) is 2.71. The molecular weight excluding hydrogens is 308 g/mol. The molecule has 132 valence electrons. The Kier molecular flexibility index (Phi) is 6.54. The van der Waals surface area contributed by atoms with E-state index in [0.717, 1.165) is 12.1 Å². The van der Waals surface area contributed by atoms with E-state index in [1.54, 1.807) is 29.2 Å². The minimum absolute atomic E-state index is 0.0172. The summed E-state index contributed by atoms with van der Waals surface area (Å²) in [7, 11) is 1.62. The predicted molar refractivity (Wildman–Crippen MR) is 90.9 cm³/mol. The highest BCUT2D eigenvalue weighted by molar-refractivity contribution is 5.94. The molecule has 1 aromatic heterocycles. The highest BCUT2D eigenvalue weighted by Crippen LogP contribution is 2.14. The number of methoxy groups -OCH3 is 1. The molecular formula is C17H26N4O3. The number of pyridine rings is 1. The van der Waals surface area contributed by atoms with Crippen molar-refractivity contribution in [2.24, 2.45) is 0 Å². The summed E-state index contributed by atoms with van der Waals surface area (Å²) in [5, 5.41) is 3.01. The lowest BCUT2D eigenvalue weighted by atomic mass is 10.2. The standard InChI is InChI=1S/C17H26N4O3/c1-4-20(9-10-24-3)17(23)19-15-7-8-21(12-15)16(22)14-6-5-13(2)18-11-14/h5-6,11,15H,4,7-10,12H2,1-3H3,(H,19,23)/t15-/m1/s1. The number of likely N-dealkylation sites (N-methyl/N-ethyl adjacent to an activating group) is 1. The third kappa shape index (κ3) is 4.67. The van der Waals surface area contributed by atoms with Gasteiger partial charge in [-0.1, -0.05) is 0 Å². The summed E-state index contributed by atoms with van der Waals surface area (Å²) >= 11 is 0. The molecule has 0 radical (unpaired) electrons. The van der Waals surface area contributed by atoms with Crippen LogP contribution in [-0.4, -0.2) is 72.7 Å². The molecule has 2 heterocycles. The van der Waals surface area contributed by atoms with Crippen molar-refractivity contribution < 1.29 is 14.3 Å². The number of likely N-dealkylation sites (tertiary alicyclic amines) is 1. The largest absolute Gasteiger partial charge is 0.383 e. The Labute approximate surface area is 143 Å². The molecule has 1 aliphatic rings. The minimum atomic E-state index is -0.106. The molecule has 2 rings (SSSR count). The number of ether oxygens (including phenoxy) is 1. The zero-order valence-electron chi connectivity index (χ0n) is 14.6. The van der Waals surface area contributed by atoms with Crippen LogP contribution in [0.5, 0.6) is 0 Å². The second-order valence-corrected chi connectivity index (χ2v) is 5.95. The lowest BCUT2D eigenvalue weighted by molar-refractivity contribution is 0.0788. The molecule has 24 heavy (non-hydrogen) atoms. The van der Waals surface area contributed by atoms with E-state index in [9.17, 15) is 9.59 Å². The van der Waals surface area contributed by atoms with Gasteiger partial charge in [-0.05, 0) is 32.4 Å². The van der Waals surface area contributed by atoms with Gasteiger partial charge in [0, 0.05) is 51.2 Å². The molecule has 0 bridgehead atoms. The highest BCUT2D eigenvalue weighted by Gasteiger charge is 2.29. The van der Waals surface area contributed by atoms with Crippen molar-refractivity contribution in [3.63, 3.8) is 0 Å². The van der Waals surface area contributed by atoms with Gasteiger partial charge in [-0.2, -0.15) is 0 Å².